The minimum Gasteiger partial charge on any atom is -0.478 e. The van der Waals surface area contributed by atoms with E-state index in [4.69, 9.17) is 9.84 Å². The van der Waals surface area contributed by atoms with Gasteiger partial charge >= 0.3 is 11.9 Å². The first-order valence-electron chi connectivity index (χ1n) is 4.12. The molecule has 1 atom stereocenters. The number of aliphatic carboxylic acids is 1. The van der Waals surface area contributed by atoms with Crippen LogP contribution in [0.3, 0.4) is 0 Å². The van der Waals surface area contributed by atoms with Gasteiger partial charge in [0.15, 0.2) is 0 Å². The Kier molecular flexibility index (Phi) is 1.61. The van der Waals surface area contributed by atoms with E-state index in [2.05, 4.69) is 0 Å². The van der Waals surface area contributed by atoms with Gasteiger partial charge in [0.1, 0.15) is 0 Å². The third-order valence-electron chi connectivity index (χ3n) is 2.37. The molecule has 1 aromatic rings. The minimum absolute atomic E-state index is 0.331. The summed E-state index contributed by atoms with van der Waals surface area (Å²) in [6.07, 6.45) is 0. The Bertz CT molecular complexity index is 424. The Hall–Kier alpha value is -1.84. The van der Waals surface area contributed by atoms with Gasteiger partial charge in [0, 0.05) is 5.56 Å². The smallest absolute Gasteiger partial charge is 0.352 e. The molecule has 0 spiro atoms. The van der Waals surface area contributed by atoms with Crippen LogP contribution in [-0.2, 0) is 15.1 Å². The molecular formula is C10H8O4. The molecule has 0 radical (unpaired) electrons. The van der Waals surface area contributed by atoms with E-state index < -0.39 is 17.5 Å². The monoisotopic (exact) mass is 192 g/mol. The molecule has 72 valence electrons. The van der Waals surface area contributed by atoms with E-state index in [9.17, 15) is 9.59 Å². The van der Waals surface area contributed by atoms with Crippen LogP contribution in [0.25, 0.3) is 0 Å². The summed E-state index contributed by atoms with van der Waals surface area (Å²) in [6.45, 7) is 1.37. The Balaban J connectivity index is 2.65. The summed E-state index contributed by atoms with van der Waals surface area (Å²) in [4.78, 5) is 22.3. The van der Waals surface area contributed by atoms with Crippen LogP contribution >= 0.6 is 0 Å². The maximum atomic E-state index is 11.3. The molecule has 0 bridgehead atoms. The average molecular weight is 192 g/mol. The number of fused-ring (bicyclic) bond motifs is 1. The maximum Gasteiger partial charge on any atom is 0.352 e. The van der Waals surface area contributed by atoms with Gasteiger partial charge in [-0.15, -0.1) is 0 Å². The molecule has 1 aliphatic heterocycles. The van der Waals surface area contributed by atoms with Gasteiger partial charge in [-0.25, -0.2) is 9.59 Å². The van der Waals surface area contributed by atoms with Crippen molar-refractivity contribution in [2.75, 3.05) is 0 Å². The quantitative estimate of drug-likeness (QED) is 0.678. The zero-order chi connectivity index (χ0) is 10.3. The Morgan fingerprint density at radius 1 is 1.43 bits per heavy atom. The summed E-state index contributed by atoms with van der Waals surface area (Å²) in [6, 6.07) is 6.51. The van der Waals surface area contributed by atoms with Crippen molar-refractivity contribution in [3.05, 3.63) is 35.4 Å². The predicted octanol–water partition coefficient (Wildman–Crippen LogP) is 1.16. The molecule has 0 aliphatic carbocycles. The molecule has 0 saturated heterocycles. The van der Waals surface area contributed by atoms with E-state index in [0.717, 1.165) is 0 Å². The number of carboxylic acid groups (broad SMARTS) is 1. The summed E-state index contributed by atoms with van der Waals surface area (Å²) in [7, 11) is 0. The molecule has 0 fully saturated rings. The number of rotatable bonds is 1. The lowest BCUT2D eigenvalue weighted by Gasteiger charge is -2.17. The summed E-state index contributed by atoms with van der Waals surface area (Å²) < 4.78 is 4.84. The molecule has 2 rings (SSSR count). The first-order valence-corrected chi connectivity index (χ1v) is 4.12. The van der Waals surface area contributed by atoms with Crippen molar-refractivity contribution in [1.29, 1.82) is 0 Å². The van der Waals surface area contributed by atoms with Crippen molar-refractivity contribution in [1.82, 2.24) is 0 Å². The fourth-order valence-electron chi connectivity index (χ4n) is 1.53. The first kappa shape index (κ1) is 8.74. The largest absolute Gasteiger partial charge is 0.478 e. The zero-order valence-corrected chi connectivity index (χ0v) is 7.48. The number of hydrogen-bond acceptors (Lipinski definition) is 3. The van der Waals surface area contributed by atoms with Gasteiger partial charge in [-0.2, -0.15) is 0 Å². The van der Waals surface area contributed by atoms with Gasteiger partial charge in [-0.1, -0.05) is 18.2 Å². The third kappa shape index (κ3) is 0.937. The topological polar surface area (TPSA) is 63.6 Å². The molecule has 0 amide bonds. The van der Waals surface area contributed by atoms with E-state index in [1.54, 1.807) is 24.3 Å². The highest BCUT2D eigenvalue weighted by Gasteiger charge is 2.47. The molecule has 4 heteroatoms. The number of carboxylic acids is 1. The fraction of sp³-hybridized carbons (Fsp3) is 0.200. The summed E-state index contributed by atoms with van der Waals surface area (Å²) >= 11 is 0. The fourth-order valence-corrected chi connectivity index (χ4v) is 1.53. The lowest BCUT2D eigenvalue weighted by atomic mass is 9.94. The standard InChI is InChI=1S/C10H8O4/c1-10(9(12)13)7-5-3-2-4-6(7)8(11)14-10/h2-5H,1H3,(H,12,13). The maximum absolute atomic E-state index is 11.3. The Labute approximate surface area is 80.1 Å². The molecule has 1 heterocycles. The third-order valence-corrected chi connectivity index (χ3v) is 2.37. The minimum atomic E-state index is -1.53. The highest BCUT2D eigenvalue weighted by Crippen LogP contribution is 2.35. The zero-order valence-electron chi connectivity index (χ0n) is 7.48. The average Bonchev–Trinajstić information content (AvgIpc) is 2.42. The van der Waals surface area contributed by atoms with Crippen molar-refractivity contribution in [3.63, 3.8) is 0 Å². The number of benzene rings is 1. The van der Waals surface area contributed by atoms with Crippen LogP contribution < -0.4 is 0 Å². The first-order chi connectivity index (χ1) is 6.55. The van der Waals surface area contributed by atoms with Gasteiger partial charge in [0.05, 0.1) is 5.56 Å². The van der Waals surface area contributed by atoms with Crippen molar-refractivity contribution in [2.24, 2.45) is 0 Å². The van der Waals surface area contributed by atoms with Crippen LogP contribution in [0.5, 0.6) is 0 Å². The molecule has 1 aromatic carbocycles. The molecule has 0 aromatic heterocycles. The van der Waals surface area contributed by atoms with Crippen LogP contribution in [-0.4, -0.2) is 17.0 Å². The van der Waals surface area contributed by atoms with E-state index in [1.165, 1.54) is 6.92 Å². The number of ether oxygens (including phenoxy) is 1. The highest BCUT2D eigenvalue weighted by atomic mass is 16.6. The molecule has 1 aliphatic rings. The molecule has 1 unspecified atom stereocenters. The number of carbonyl (C=O) groups is 2. The van der Waals surface area contributed by atoms with Crippen LogP contribution in [0.15, 0.2) is 24.3 Å². The van der Waals surface area contributed by atoms with Crippen LogP contribution in [0.4, 0.5) is 0 Å². The van der Waals surface area contributed by atoms with Gasteiger partial charge in [-0.3, -0.25) is 0 Å². The Morgan fingerprint density at radius 3 is 2.71 bits per heavy atom. The van der Waals surface area contributed by atoms with Gasteiger partial charge in [0.2, 0.25) is 5.60 Å². The molecule has 0 saturated carbocycles. The van der Waals surface area contributed by atoms with Gasteiger partial charge in [0.25, 0.3) is 0 Å². The predicted molar refractivity (Wildman–Crippen MR) is 46.8 cm³/mol. The number of carbonyl (C=O) groups excluding carboxylic acids is 1. The molecule has 14 heavy (non-hydrogen) atoms. The van der Waals surface area contributed by atoms with Gasteiger partial charge in [-0.05, 0) is 13.0 Å². The summed E-state index contributed by atoms with van der Waals surface area (Å²) in [5, 5.41) is 8.96. The number of esters is 1. The lowest BCUT2D eigenvalue weighted by molar-refractivity contribution is -0.156. The molecular weight excluding hydrogens is 184 g/mol. The van der Waals surface area contributed by atoms with E-state index in [1.807, 2.05) is 0 Å². The normalized spacial score (nSPS) is 24.2. The van der Waals surface area contributed by atoms with Crippen LogP contribution in [0, 0.1) is 0 Å². The second-order valence-corrected chi connectivity index (χ2v) is 3.27. The van der Waals surface area contributed by atoms with Crippen LogP contribution in [0.1, 0.15) is 22.8 Å². The van der Waals surface area contributed by atoms with E-state index >= 15 is 0 Å². The lowest BCUT2D eigenvalue weighted by Crippen LogP contribution is -2.32. The summed E-state index contributed by atoms with van der Waals surface area (Å²) in [5.41, 5.74) is -0.789. The van der Waals surface area contributed by atoms with Gasteiger partial charge < -0.3 is 9.84 Å². The van der Waals surface area contributed by atoms with Crippen molar-refractivity contribution < 1.29 is 19.4 Å². The van der Waals surface area contributed by atoms with Crippen LogP contribution in [0.2, 0.25) is 0 Å². The van der Waals surface area contributed by atoms with Crippen molar-refractivity contribution >= 4 is 11.9 Å². The van der Waals surface area contributed by atoms with E-state index in [-0.39, 0.29) is 0 Å². The Morgan fingerprint density at radius 2 is 2.07 bits per heavy atom. The number of hydrogen-bond donors (Lipinski definition) is 1. The SMILES string of the molecule is CC1(C(=O)O)OC(=O)c2ccccc21. The van der Waals surface area contributed by atoms with Crippen molar-refractivity contribution in [2.45, 2.75) is 12.5 Å². The second kappa shape index (κ2) is 2.57. The second-order valence-electron chi connectivity index (χ2n) is 3.27. The summed E-state index contributed by atoms with van der Waals surface area (Å²) in [5.74, 6) is -1.73. The molecule has 4 nitrogen and oxygen atoms in total. The van der Waals surface area contributed by atoms with Crippen molar-refractivity contribution in [3.8, 4) is 0 Å². The highest BCUT2D eigenvalue weighted by molar-refractivity contribution is 6.00. The molecule has 1 N–H and O–H groups in total. The van der Waals surface area contributed by atoms with E-state index in [0.29, 0.717) is 11.1 Å². The number of cyclic esters (lactones) is 1.